The van der Waals surface area contributed by atoms with Gasteiger partial charge in [0, 0.05) is 30.4 Å². The molecule has 0 radical (unpaired) electrons. The van der Waals surface area contributed by atoms with Gasteiger partial charge in [-0.25, -0.2) is 15.0 Å². The van der Waals surface area contributed by atoms with Crippen molar-refractivity contribution < 1.29 is 9.59 Å². The Morgan fingerprint density at radius 3 is 2.71 bits per heavy atom. The Hall–Kier alpha value is -3.79. The topological polar surface area (TPSA) is 137 Å². The molecule has 3 aromatic heterocycles. The number of benzene rings is 1. The molecule has 0 aliphatic carbocycles. The second-order valence-electron chi connectivity index (χ2n) is 5.77. The molecule has 138 valence electrons. The standard InChI is InChI=1S/C18H13N7O2S/c1-20-17(27)14-12(4-11(7-21-14)15(19)26)16-22-6-10-3-2-9(5-13(10)24-16)18-25-23-8-28-18/h2-8H,1H3,(H2,19,26)(H,20,27). The zero-order valence-electron chi connectivity index (χ0n) is 14.6. The number of carbonyl (C=O) groups excluding carboxylic acids is 2. The zero-order chi connectivity index (χ0) is 19.7. The number of pyridine rings is 1. The van der Waals surface area contributed by atoms with Crippen molar-refractivity contribution in [1.29, 1.82) is 0 Å². The fourth-order valence-corrected chi connectivity index (χ4v) is 3.21. The van der Waals surface area contributed by atoms with Crippen molar-refractivity contribution in [3.63, 3.8) is 0 Å². The molecular formula is C18H13N7O2S. The molecule has 0 bridgehead atoms. The van der Waals surface area contributed by atoms with Crippen LogP contribution in [0, 0.1) is 0 Å². The summed E-state index contributed by atoms with van der Waals surface area (Å²) in [5, 5.41) is 12.0. The van der Waals surface area contributed by atoms with Crippen LogP contribution < -0.4 is 11.1 Å². The lowest BCUT2D eigenvalue weighted by Crippen LogP contribution is -2.21. The van der Waals surface area contributed by atoms with Gasteiger partial charge in [-0.3, -0.25) is 9.59 Å². The molecule has 0 unspecified atom stereocenters. The fourth-order valence-electron chi connectivity index (χ4n) is 2.65. The van der Waals surface area contributed by atoms with Crippen molar-refractivity contribution in [3.8, 4) is 22.0 Å². The van der Waals surface area contributed by atoms with Crippen LogP contribution in [0.15, 0.2) is 42.2 Å². The number of fused-ring (bicyclic) bond motifs is 1. The van der Waals surface area contributed by atoms with Crippen molar-refractivity contribution in [3.05, 3.63) is 53.4 Å². The number of hydrogen-bond donors (Lipinski definition) is 2. The number of hydrogen-bond acceptors (Lipinski definition) is 8. The summed E-state index contributed by atoms with van der Waals surface area (Å²) in [7, 11) is 1.49. The van der Waals surface area contributed by atoms with E-state index in [9.17, 15) is 9.59 Å². The van der Waals surface area contributed by atoms with Crippen LogP contribution in [0.1, 0.15) is 20.8 Å². The Morgan fingerprint density at radius 1 is 1.14 bits per heavy atom. The van der Waals surface area contributed by atoms with Crippen LogP contribution in [0.3, 0.4) is 0 Å². The molecule has 28 heavy (non-hydrogen) atoms. The molecule has 0 saturated carbocycles. The van der Waals surface area contributed by atoms with Gasteiger partial charge in [-0.1, -0.05) is 23.5 Å². The zero-order valence-corrected chi connectivity index (χ0v) is 15.4. The third-order valence-electron chi connectivity index (χ3n) is 4.04. The minimum atomic E-state index is -0.656. The van der Waals surface area contributed by atoms with Crippen molar-refractivity contribution in [2.45, 2.75) is 0 Å². The molecule has 0 aliphatic rings. The van der Waals surface area contributed by atoms with Crippen molar-refractivity contribution in [2.75, 3.05) is 7.05 Å². The monoisotopic (exact) mass is 391 g/mol. The number of carbonyl (C=O) groups is 2. The third kappa shape index (κ3) is 3.16. The van der Waals surface area contributed by atoms with Crippen LogP contribution >= 0.6 is 11.3 Å². The van der Waals surface area contributed by atoms with Gasteiger partial charge in [-0.05, 0) is 12.1 Å². The molecule has 10 heteroatoms. The van der Waals surface area contributed by atoms with Gasteiger partial charge >= 0.3 is 0 Å². The van der Waals surface area contributed by atoms with E-state index in [-0.39, 0.29) is 17.1 Å². The number of rotatable bonds is 4. The van der Waals surface area contributed by atoms with Crippen LogP contribution in [-0.4, -0.2) is 44.0 Å². The molecule has 0 spiro atoms. The van der Waals surface area contributed by atoms with E-state index in [1.165, 1.54) is 30.6 Å². The van der Waals surface area contributed by atoms with Crippen LogP contribution in [-0.2, 0) is 0 Å². The maximum atomic E-state index is 12.2. The van der Waals surface area contributed by atoms with Crippen LogP contribution in [0.2, 0.25) is 0 Å². The first-order chi connectivity index (χ1) is 13.6. The first kappa shape index (κ1) is 17.6. The van der Waals surface area contributed by atoms with Gasteiger partial charge in [0.2, 0.25) is 5.91 Å². The summed E-state index contributed by atoms with van der Waals surface area (Å²) in [6.45, 7) is 0. The summed E-state index contributed by atoms with van der Waals surface area (Å²) in [6.07, 6.45) is 2.90. The summed E-state index contributed by atoms with van der Waals surface area (Å²) >= 11 is 1.42. The van der Waals surface area contributed by atoms with E-state index in [1.807, 2.05) is 18.2 Å². The van der Waals surface area contributed by atoms with Crippen LogP contribution in [0.4, 0.5) is 0 Å². The molecule has 0 fully saturated rings. The minimum absolute atomic E-state index is 0.104. The number of amides is 2. The number of nitrogens with one attached hydrogen (secondary N) is 1. The number of nitrogens with zero attached hydrogens (tertiary/aromatic N) is 5. The summed E-state index contributed by atoms with van der Waals surface area (Å²) in [5.41, 5.74) is 9.12. The smallest absolute Gasteiger partial charge is 0.270 e. The largest absolute Gasteiger partial charge is 0.366 e. The highest BCUT2D eigenvalue weighted by molar-refractivity contribution is 7.12. The molecule has 2 amide bonds. The van der Waals surface area contributed by atoms with Crippen molar-refractivity contribution >= 4 is 34.1 Å². The van der Waals surface area contributed by atoms with Crippen molar-refractivity contribution in [2.24, 2.45) is 5.73 Å². The van der Waals surface area contributed by atoms with E-state index >= 15 is 0 Å². The van der Waals surface area contributed by atoms with Gasteiger partial charge in [-0.2, -0.15) is 0 Å². The lowest BCUT2D eigenvalue weighted by molar-refractivity contribution is 0.0955. The Morgan fingerprint density at radius 2 is 2.00 bits per heavy atom. The number of primary amides is 1. The molecule has 0 saturated heterocycles. The second-order valence-corrected chi connectivity index (χ2v) is 6.61. The van der Waals surface area contributed by atoms with E-state index in [4.69, 9.17) is 5.73 Å². The molecule has 0 atom stereocenters. The molecule has 0 aliphatic heterocycles. The van der Waals surface area contributed by atoms with Gasteiger partial charge in [0.25, 0.3) is 5.91 Å². The maximum Gasteiger partial charge on any atom is 0.270 e. The average molecular weight is 391 g/mol. The SMILES string of the molecule is CNC(=O)c1ncc(C(N)=O)cc1-c1ncc2ccc(-c3nncs3)cc2n1. The Labute approximate surface area is 162 Å². The molecule has 3 N–H and O–H groups in total. The van der Waals surface area contributed by atoms with E-state index in [1.54, 1.807) is 11.7 Å². The quantitative estimate of drug-likeness (QED) is 0.540. The highest BCUT2D eigenvalue weighted by Crippen LogP contribution is 2.27. The van der Waals surface area contributed by atoms with Gasteiger partial charge in [-0.15, -0.1) is 10.2 Å². The Bertz CT molecular complexity index is 1210. The van der Waals surface area contributed by atoms with E-state index < -0.39 is 11.8 Å². The predicted octanol–water partition coefficient (Wildman–Crippen LogP) is 1.67. The minimum Gasteiger partial charge on any atom is -0.366 e. The van der Waals surface area contributed by atoms with Crippen LogP contribution in [0.5, 0.6) is 0 Å². The summed E-state index contributed by atoms with van der Waals surface area (Å²) in [5.74, 6) is -0.815. The van der Waals surface area contributed by atoms with Crippen LogP contribution in [0.25, 0.3) is 32.9 Å². The Balaban J connectivity index is 1.89. The highest BCUT2D eigenvalue weighted by Gasteiger charge is 2.18. The maximum absolute atomic E-state index is 12.2. The molecule has 9 nitrogen and oxygen atoms in total. The summed E-state index contributed by atoms with van der Waals surface area (Å²) in [6, 6.07) is 7.13. The molecule has 4 rings (SSSR count). The first-order valence-corrected chi connectivity index (χ1v) is 9.00. The predicted molar refractivity (Wildman–Crippen MR) is 104 cm³/mol. The Kier molecular flexibility index (Phi) is 4.45. The average Bonchev–Trinajstić information content (AvgIpc) is 3.26. The molecule has 3 heterocycles. The van der Waals surface area contributed by atoms with E-state index in [0.717, 1.165) is 16.0 Å². The number of aromatic nitrogens is 5. The normalized spacial score (nSPS) is 10.8. The van der Waals surface area contributed by atoms with Gasteiger partial charge in [0.15, 0.2) is 5.82 Å². The summed E-state index contributed by atoms with van der Waals surface area (Å²) in [4.78, 5) is 36.7. The van der Waals surface area contributed by atoms with Crippen molar-refractivity contribution in [1.82, 2.24) is 30.5 Å². The fraction of sp³-hybridized carbons (Fsp3) is 0.0556. The van der Waals surface area contributed by atoms with Gasteiger partial charge in [0.05, 0.1) is 16.6 Å². The lowest BCUT2D eigenvalue weighted by atomic mass is 10.1. The lowest BCUT2D eigenvalue weighted by Gasteiger charge is -2.09. The first-order valence-electron chi connectivity index (χ1n) is 8.12. The highest BCUT2D eigenvalue weighted by atomic mass is 32.1. The van der Waals surface area contributed by atoms with Gasteiger partial charge < -0.3 is 11.1 Å². The van der Waals surface area contributed by atoms with E-state index in [2.05, 4.69) is 30.5 Å². The third-order valence-corrected chi connectivity index (χ3v) is 4.79. The molecule has 4 aromatic rings. The van der Waals surface area contributed by atoms with Gasteiger partial charge in [0.1, 0.15) is 16.2 Å². The second kappa shape index (κ2) is 7.08. The summed E-state index contributed by atoms with van der Waals surface area (Å²) < 4.78 is 0. The molecule has 1 aromatic carbocycles. The van der Waals surface area contributed by atoms with E-state index in [0.29, 0.717) is 11.1 Å². The molecular weight excluding hydrogens is 378 g/mol. The number of nitrogens with two attached hydrogens (primary N) is 1.